The minimum absolute atomic E-state index is 0.00309. The topological polar surface area (TPSA) is 337 Å². The Morgan fingerprint density at radius 2 is 1.11 bits per heavy atom. The molecule has 7 amide bonds. The summed E-state index contributed by atoms with van der Waals surface area (Å²) in [6, 6.07) is 11.0. The number of H-pyrrole nitrogens is 1. The Bertz CT molecular complexity index is 2300. The summed E-state index contributed by atoms with van der Waals surface area (Å²) in [7, 11) is 0. The zero-order valence-electron chi connectivity index (χ0n) is 35.6. The van der Waals surface area contributed by atoms with Crippen molar-refractivity contribution in [2.45, 2.75) is 89.1 Å². The second-order valence-corrected chi connectivity index (χ2v) is 15.8. The highest BCUT2D eigenvalue weighted by atomic mass is 16.4. The molecular weight excluding hydrogens is 831 g/mol. The van der Waals surface area contributed by atoms with E-state index in [0.717, 1.165) is 10.9 Å². The molecule has 0 bridgehead atoms. The molecule has 3 aromatic carbocycles. The van der Waals surface area contributed by atoms with Crippen LogP contribution in [0.4, 0.5) is 0 Å². The highest BCUT2D eigenvalue weighted by molar-refractivity contribution is 5.98. The van der Waals surface area contributed by atoms with Gasteiger partial charge in [-0.3, -0.25) is 38.4 Å². The first kappa shape index (κ1) is 49.2. The highest BCUT2D eigenvalue weighted by Crippen LogP contribution is 2.20. The van der Waals surface area contributed by atoms with Crippen LogP contribution in [0.2, 0.25) is 0 Å². The number of aromatic hydroxyl groups is 2. The van der Waals surface area contributed by atoms with Crippen molar-refractivity contribution in [3.63, 3.8) is 0 Å². The molecule has 6 atom stereocenters. The fourth-order valence-corrected chi connectivity index (χ4v) is 6.64. The number of phenols is 2. The minimum atomic E-state index is -1.72. The van der Waals surface area contributed by atoms with Crippen molar-refractivity contribution in [1.29, 1.82) is 0 Å². The Balaban J connectivity index is 1.53. The van der Waals surface area contributed by atoms with Gasteiger partial charge in [0.2, 0.25) is 41.4 Å². The maximum absolute atomic E-state index is 14.2. The van der Waals surface area contributed by atoms with Crippen molar-refractivity contribution in [2.75, 3.05) is 6.54 Å². The molecule has 342 valence electrons. The second kappa shape index (κ2) is 23.1. The number of aromatic amines is 1. The molecule has 0 unspecified atom stereocenters. The van der Waals surface area contributed by atoms with Gasteiger partial charge in [0, 0.05) is 36.4 Å². The number of primary amides is 1. The van der Waals surface area contributed by atoms with Gasteiger partial charge in [-0.25, -0.2) is 0 Å². The summed E-state index contributed by atoms with van der Waals surface area (Å²) < 4.78 is 0. The third kappa shape index (κ3) is 15.2. The molecule has 1 heterocycles. The van der Waals surface area contributed by atoms with E-state index >= 15 is 0 Å². The van der Waals surface area contributed by atoms with E-state index in [1.54, 1.807) is 50.4 Å². The van der Waals surface area contributed by atoms with Gasteiger partial charge in [-0.15, -0.1) is 0 Å². The van der Waals surface area contributed by atoms with Crippen molar-refractivity contribution in [3.05, 3.63) is 95.7 Å². The number of amides is 7. The van der Waals surface area contributed by atoms with Gasteiger partial charge in [0.05, 0.1) is 19.0 Å². The largest absolute Gasteiger partial charge is 0.508 e. The number of aliphatic carboxylic acids is 1. The number of benzene rings is 3. The number of para-hydroxylation sites is 1. The summed E-state index contributed by atoms with van der Waals surface area (Å²) in [5.41, 5.74) is 13.7. The van der Waals surface area contributed by atoms with E-state index in [9.17, 15) is 53.7 Å². The van der Waals surface area contributed by atoms with Crippen LogP contribution in [0.5, 0.6) is 11.5 Å². The van der Waals surface area contributed by atoms with Gasteiger partial charge >= 0.3 is 5.97 Å². The Kier molecular flexibility index (Phi) is 17.8. The lowest BCUT2D eigenvalue weighted by molar-refractivity contribution is -0.141. The van der Waals surface area contributed by atoms with E-state index in [2.05, 4.69) is 36.9 Å². The monoisotopic (exact) mass is 885 g/mol. The molecule has 0 radical (unpaired) electrons. The van der Waals surface area contributed by atoms with E-state index in [4.69, 9.17) is 11.5 Å². The first-order valence-corrected chi connectivity index (χ1v) is 20.5. The maximum atomic E-state index is 14.2. The van der Waals surface area contributed by atoms with Gasteiger partial charge in [0.1, 0.15) is 41.7 Å². The van der Waals surface area contributed by atoms with E-state index in [1.165, 1.54) is 43.3 Å². The Morgan fingerprint density at radius 3 is 1.67 bits per heavy atom. The third-order valence-corrected chi connectivity index (χ3v) is 9.98. The van der Waals surface area contributed by atoms with Crippen LogP contribution in [-0.4, -0.2) is 110 Å². The van der Waals surface area contributed by atoms with Crippen LogP contribution in [-0.2, 0) is 57.6 Å². The number of carboxylic acid groups (broad SMARTS) is 1. The number of hydrogen-bond acceptors (Lipinski definition) is 11. The number of carbonyl (C=O) groups excluding carboxylic acids is 7. The summed E-state index contributed by atoms with van der Waals surface area (Å²) in [6.45, 7) is 4.31. The number of hydrogen-bond donors (Lipinski definition) is 12. The lowest BCUT2D eigenvalue weighted by atomic mass is 10.00. The zero-order valence-corrected chi connectivity index (χ0v) is 35.6. The van der Waals surface area contributed by atoms with Gasteiger partial charge in [0.15, 0.2) is 0 Å². The van der Waals surface area contributed by atoms with Crippen LogP contribution in [0.1, 0.15) is 50.3 Å². The molecule has 0 aliphatic heterocycles. The van der Waals surface area contributed by atoms with Gasteiger partial charge in [-0.05, 0) is 66.3 Å². The quantitative estimate of drug-likeness (QED) is 0.0449. The number of fused-ring (bicyclic) bond motifs is 1. The number of carboxylic acids is 1. The minimum Gasteiger partial charge on any atom is -0.508 e. The molecule has 4 aromatic rings. The fraction of sp³-hybridized carbons (Fsp3) is 0.364. The molecule has 0 saturated carbocycles. The van der Waals surface area contributed by atoms with E-state index in [0.29, 0.717) is 16.7 Å². The van der Waals surface area contributed by atoms with Crippen LogP contribution in [0.25, 0.3) is 10.9 Å². The van der Waals surface area contributed by atoms with Crippen molar-refractivity contribution >= 4 is 58.2 Å². The molecule has 0 saturated heterocycles. The van der Waals surface area contributed by atoms with Crippen LogP contribution in [0.15, 0.2) is 79.0 Å². The fourth-order valence-electron chi connectivity index (χ4n) is 6.64. The summed E-state index contributed by atoms with van der Waals surface area (Å²) in [5, 5.41) is 44.7. The Morgan fingerprint density at radius 1 is 0.609 bits per heavy atom. The van der Waals surface area contributed by atoms with Gasteiger partial charge in [0.25, 0.3) is 0 Å². The summed E-state index contributed by atoms with van der Waals surface area (Å²) in [6.07, 6.45) is 0.529. The number of rotatable bonds is 23. The van der Waals surface area contributed by atoms with Crippen LogP contribution < -0.4 is 43.4 Å². The van der Waals surface area contributed by atoms with Gasteiger partial charge in [-0.1, -0.05) is 56.3 Å². The third-order valence-electron chi connectivity index (χ3n) is 9.98. The number of nitrogens with one attached hydrogen (secondary N) is 7. The summed E-state index contributed by atoms with van der Waals surface area (Å²) in [5.74, 6) is -7.68. The molecule has 1 aromatic heterocycles. The SMILES string of the molecule is CC(C)C[C@H](NC(=O)[C@H](Cc1c[nH]c2ccccc12)NC(=O)CNC(=O)[C@H](Cc1ccc(O)cc1)NC(=O)[C@H](C)N)C(=O)N[C@@H](CC(=O)O)C(=O)N[C@@H](Cc1ccc(O)cc1)C(N)=O. The Labute approximate surface area is 368 Å². The molecule has 4 rings (SSSR count). The lowest BCUT2D eigenvalue weighted by Gasteiger charge is -2.27. The van der Waals surface area contributed by atoms with Crippen molar-refractivity contribution in [3.8, 4) is 11.5 Å². The molecule has 20 nitrogen and oxygen atoms in total. The standard InChI is InChI=1S/C44H55N9O11/c1-23(2)16-33(42(62)53-36(20-38(57)58)44(64)50-32(39(46)59)17-25-8-12-28(54)13-9-25)52-43(63)35(19-27-21-47-31-7-5-4-6-30(27)31)49-37(56)22-48-41(61)34(51-40(60)24(3)45)18-26-10-14-29(55)15-11-26/h4-15,21,23-24,32-36,47,54-55H,16-20,22,45H2,1-3H3,(H2,46,59)(H,48,61)(H,49,56)(H,50,64)(H,51,60)(H,52,63)(H,53,62)(H,57,58)/t24-,32-,33-,34-,35-,36-/m0/s1. The molecule has 0 fully saturated rings. The van der Waals surface area contributed by atoms with E-state index < -0.39 is 96.5 Å². The predicted octanol–water partition coefficient (Wildman–Crippen LogP) is -0.499. The van der Waals surface area contributed by atoms with Crippen molar-refractivity contribution in [2.24, 2.45) is 17.4 Å². The van der Waals surface area contributed by atoms with Crippen LogP contribution in [0.3, 0.4) is 0 Å². The average Bonchev–Trinajstić information content (AvgIpc) is 3.65. The Hall–Kier alpha value is -7.48. The molecule has 14 N–H and O–H groups in total. The molecule has 0 spiro atoms. The normalized spacial score (nSPS) is 13.9. The first-order chi connectivity index (χ1) is 30.3. The van der Waals surface area contributed by atoms with E-state index in [-0.39, 0.29) is 43.1 Å². The zero-order chi connectivity index (χ0) is 47.1. The number of aromatic nitrogens is 1. The maximum Gasteiger partial charge on any atom is 0.305 e. The molecular formula is C44H55N9O11. The predicted molar refractivity (Wildman–Crippen MR) is 233 cm³/mol. The summed E-state index contributed by atoms with van der Waals surface area (Å²) in [4.78, 5) is 108. The highest BCUT2D eigenvalue weighted by Gasteiger charge is 2.33. The molecule has 0 aliphatic rings. The lowest BCUT2D eigenvalue weighted by Crippen LogP contribution is -2.59. The number of nitrogens with two attached hydrogens (primary N) is 2. The van der Waals surface area contributed by atoms with Gasteiger partial charge in [-0.2, -0.15) is 0 Å². The van der Waals surface area contributed by atoms with Crippen molar-refractivity contribution in [1.82, 2.24) is 36.9 Å². The molecule has 20 heteroatoms. The number of phenolic OH excluding ortho intramolecular Hbond substituents is 2. The smallest absolute Gasteiger partial charge is 0.305 e. The van der Waals surface area contributed by atoms with Crippen molar-refractivity contribution < 1.29 is 53.7 Å². The van der Waals surface area contributed by atoms with E-state index in [1.807, 2.05) is 6.07 Å². The van der Waals surface area contributed by atoms with Crippen LogP contribution in [0, 0.1) is 5.92 Å². The summed E-state index contributed by atoms with van der Waals surface area (Å²) >= 11 is 0. The first-order valence-electron chi connectivity index (χ1n) is 20.5. The molecule has 0 aliphatic carbocycles. The molecule has 64 heavy (non-hydrogen) atoms. The second-order valence-electron chi connectivity index (χ2n) is 15.8. The number of carbonyl (C=O) groups is 8. The van der Waals surface area contributed by atoms with Crippen LogP contribution >= 0.6 is 0 Å². The van der Waals surface area contributed by atoms with Gasteiger partial charge < -0.3 is 63.7 Å². The average molecular weight is 886 g/mol.